The Morgan fingerprint density at radius 2 is 1.88 bits per heavy atom. The molecule has 0 radical (unpaired) electrons. The van der Waals surface area contributed by atoms with E-state index in [9.17, 15) is 0 Å². The minimum absolute atomic E-state index is 0.387. The lowest BCUT2D eigenvalue weighted by molar-refractivity contribution is 0.123. The molecule has 0 amide bonds. The molecule has 1 rings (SSSR count). The van der Waals surface area contributed by atoms with E-state index < -0.39 is 18.6 Å². The van der Waals surface area contributed by atoms with Crippen molar-refractivity contribution in [3.63, 3.8) is 0 Å². The molecule has 0 saturated carbocycles. The van der Waals surface area contributed by atoms with Crippen LogP contribution in [0.25, 0.3) is 0 Å². The Bertz CT molecular complexity index is 176. The minimum Gasteiger partial charge on any atom is -0.421 e. The molecule has 1 fully saturated rings. The van der Waals surface area contributed by atoms with Gasteiger partial charge in [-0.1, -0.05) is 0 Å². The average molecular weight is 266 g/mol. The van der Waals surface area contributed by atoms with Gasteiger partial charge in [-0.25, -0.2) is 0 Å². The fourth-order valence-corrected chi connectivity index (χ4v) is 4.86. The van der Waals surface area contributed by atoms with Crippen LogP contribution in [-0.4, -0.2) is 59.2 Å². The summed E-state index contributed by atoms with van der Waals surface area (Å²) in [6, 6.07) is 2.00. The molecule has 1 saturated heterocycles. The third-order valence-corrected chi connectivity index (χ3v) is 6.81. The molecule has 16 heavy (non-hydrogen) atoms. The molecule has 1 atom stereocenters. The predicted molar refractivity (Wildman–Crippen MR) is 65.2 cm³/mol. The van der Waals surface area contributed by atoms with Gasteiger partial charge in [0.15, 0.2) is 9.76 Å². The number of rotatable bonds is 10. The highest BCUT2D eigenvalue weighted by atomic mass is 28.4. The van der Waals surface area contributed by atoms with E-state index in [1.54, 1.807) is 21.3 Å². The Morgan fingerprint density at radius 3 is 2.38 bits per heavy atom. The molecular formula is C9H22O5Si2. The summed E-state index contributed by atoms with van der Waals surface area (Å²) < 4.78 is 26.7. The number of hydrogen-bond acceptors (Lipinski definition) is 5. The molecule has 0 N–H and O–H groups in total. The molecule has 0 bridgehead atoms. The third-order valence-electron chi connectivity index (χ3n) is 2.66. The van der Waals surface area contributed by atoms with Gasteiger partial charge < -0.3 is 22.4 Å². The highest BCUT2D eigenvalue weighted by molar-refractivity contribution is 6.60. The Labute approximate surface area is 101 Å². The highest BCUT2D eigenvalue weighted by Gasteiger charge is 2.36. The van der Waals surface area contributed by atoms with Crippen LogP contribution in [0.4, 0.5) is 0 Å². The standard InChI is InChI=1S/C9H22O5Si2/c1-10-16(11-2,12-3)6-4-5-15-14-8-9-7-13-9/h9H,4-8,15H2,1-3H3. The van der Waals surface area contributed by atoms with Crippen LogP contribution in [0.5, 0.6) is 0 Å². The number of epoxide rings is 1. The molecule has 1 unspecified atom stereocenters. The first-order valence-corrected chi connectivity index (χ1v) is 9.12. The van der Waals surface area contributed by atoms with Gasteiger partial charge >= 0.3 is 8.80 Å². The first-order chi connectivity index (χ1) is 7.76. The van der Waals surface area contributed by atoms with Crippen molar-refractivity contribution >= 4 is 18.6 Å². The Morgan fingerprint density at radius 1 is 1.25 bits per heavy atom. The molecule has 0 aliphatic carbocycles. The quantitative estimate of drug-likeness (QED) is 0.320. The summed E-state index contributed by atoms with van der Waals surface area (Å²) >= 11 is 0. The topological polar surface area (TPSA) is 49.5 Å². The average Bonchev–Trinajstić information content (AvgIpc) is 3.13. The van der Waals surface area contributed by atoms with E-state index in [2.05, 4.69) is 0 Å². The summed E-state index contributed by atoms with van der Waals surface area (Å²) in [5.41, 5.74) is 0. The van der Waals surface area contributed by atoms with E-state index in [4.69, 9.17) is 22.4 Å². The second-order valence-electron chi connectivity index (χ2n) is 3.78. The maximum absolute atomic E-state index is 5.58. The van der Waals surface area contributed by atoms with Gasteiger partial charge in [0.05, 0.1) is 13.2 Å². The second kappa shape index (κ2) is 7.54. The Hall–Kier alpha value is 0.234. The number of ether oxygens (including phenoxy) is 1. The first kappa shape index (κ1) is 14.3. The zero-order chi connectivity index (χ0) is 11.9. The Kier molecular flexibility index (Phi) is 6.74. The molecule has 0 aromatic heterocycles. The minimum atomic E-state index is -2.35. The van der Waals surface area contributed by atoms with E-state index in [-0.39, 0.29) is 0 Å². The zero-order valence-electron chi connectivity index (χ0n) is 10.4. The largest absolute Gasteiger partial charge is 0.500 e. The van der Waals surface area contributed by atoms with Crippen LogP contribution in [0.3, 0.4) is 0 Å². The van der Waals surface area contributed by atoms with E-state index in [1.807, 2.05) is 0 Å². The van der Waals surface area contributed by atoms with E-state index >= 15 is 0 Å². The fraction of sp³-hybridized carbons (Fsp3) is 1.00. The van der Waals surface area contributed by atoms with Gasteiger partial charge in [-0.3, -0.25) is 0 Å². The maximum atomic E-state index is 5.58. The van der Waals surface area contributed by atoms with Crippen LogP contribution < -0.4 is 0 Å². The van der Waals surface area contributed by atoms with Gasteiger partial charge in [-0.05, 0) is 12.5 Å². The van der Waals surface area contributed by atoms with E-state index in [0.29, 0.717) is 6.10 Å². The smallest absolute Gasteiger partial charge is 0.421 e. The predicted octanol–water partition coefficient (Wildman–Crippen LogP) is 0.172. The summed E-state index contributed by atoms with van der Waals surface area (Å²) in [6.45, 7) is 1.66. The molecule has 1 heterocycles. The summed E-state index contributed by atoms with van der Waals surface area (Å²) in [7, 11) is 2.20. The molecule has 96 valence electrons. The van der Waals surface area contributed by atoms with Gasteiger partial charge in [0.1, 0.15) is 6.10 Å². The van der Waals surface area contributed by atoms with E-state index in [0.717, 1.165) is 31.7 Å². The van der Waals surface area contributed by atoms with Crippen molar-refractivity contribution in [3.8, 4) is 0 Å². The summed E-state index contributed by atoms with van der Waals surface area (Å²) in [5, 5.41) is 0. The summed E-state index contributed by atoms with van der Waals surface area (Å²) in [6.07, 6.45) is 1.44. The monoisotopic (exact) mass is 266 g/mol. The van der Waals surface area contributed by atoms with Gasteiger partial charge in [0.2, 0.25) is 0 Å². The van der Waals surface area contributed by atoms with Crippen molar-refractivity contribution in [1.82, 2.24) is 0 Å². The molecule has 0 aromatic rings. The van der Waals surface area contributed by atoms with Crippen molar-refractivity contribution in [2.75, 3.05) is 34.5 Å². The summed E-state index contributed by atoms with van der Waals surface area (Å²) in [5.74, 6) is 0. The van der Waals surface area contributed by atoms with Gasteiger partial charge in [0, 0.05) is 27.4 Å². The van der Waals surface area contributed by atoms with Gasteiger partial charge in [0.25, 0.3) is 0 Å². The molecule has 1 aliphatic rings. The van der Waals surface area contributed by atoms with Crippen molar-refractivity contribution in [2.24, 2.45) is 0 Å². The lowest BCUT2D eigenvalue weighted by Gasteiger charge is -2.24. The van der Waals surface area contributed by atoms with Crippen LogP contribution in [-0.2, 0) is 22.4 Å². The van der Waals surface area contributed by atoms with Gasteiger partial charge in [-0.15, -0.1) is 0 Å². The lowest BCUT2D eigenvalue weighted by atomic mass is 10.5. The maximum Gasteiger partial charge on any atom is 0.500 e. The normalized spacial score (nSPS) is 20.8. The van der Waals surface area contributed by atoms with Crippen LogP contribution in [0.15, 0.2) is 0 Å². The van der Waals surface area contributed by atoms with Crippen LogP contribution in [0.1, 0.15) is 6.42 Å². The van der Waals surface area contributed by atoms with Crippen molar-refractivity contribution in [3.05, 3.63) is 0 Å². The molecular weight excluding hydrogens is 244 g/mol. The van der Waals surface area contributed by atoms with Gasteiger partial charge in [-0.2, -0.15) is 0 Å². The zero-order valence-corrected chi connectivity index (χ0v) is 12.8. The number of hydrogen-bond donors (Lipinski definition) is 0. The highest BCUT2D eigenvalue weighted by Crippen LogP contribution is 2.16. The van der Waals surface area contributed by atoms with Crippen LogP contribution >= 0.6 is 0 Å². The van der Waals surface area contributed by atoms with Crippen molar-refractivity contribution in [2.45, 2.75) is 24.6 Å². The SMILES string of the molecule is CO[Si](CCC[SiH2]OCC1CO1)(OC)OC. The van der Waals surface area contributed by atoms with Crippen molar-refractivity contribution < 1.29 is 22.4 Å². The first-order valence-electron chi connectivity index (χ1n) is 5.61. The van der Waals surface area contributed by atoms with E-state index in [1.165, 1.54) is 0 Å². The third kappa shape index (κ3) is 5.04. The molecule has 7 heteroatoms. The van der Waals surface area contributed by atoms with Crippen LogP contribution in [0, 0.1) is 0 Å². The molecule has 0 spiro atoms. The fourth-order valence-electron chi connectivity index (χ4n) is 1.48. The van der Waals surface area contributed by atoms with Crippen molar-refractivity contribution in [1.29, 1.82) is 0 Å². The summed E-state index contributed by atoms with van der Waals surface area (Å²) in [4.78, 5) is 0. The Balaban J connectivity index is 1.98. The molecule has 1 aliphatic heterocycles. The van der Waals surface area contributed by atoms with Crippen LogP contribution in [0.2, 0.25) is 12.1 Å². The molecule has 5 nitrogen and oxygen atoms in total. The lowest BCUT2D eigenvalue weighted by Crippen LogP contribution is -2.42. The second-order valence-corrected chi connectivity index (χ2v) is 8.40. The molecule has 0 aromatic carbocycles.